The van der Waals surface area contributed by atoms with E-state index in [0.717, 1.165) is 12.8 Å². The molecule has 0 aliphatic carbocycles. The van der Waals surface area contributed by atoms with Crippen LogP contribution < -0.4 is 11.6 Å². The number of hydrogen-bond donors (Lipinski definition) is 4. The fourth-order valence-corrected chi connectivity index (χ4v) is 3.47. The second kappa shape index (κ2) is 12.6. The number of unbranched alkanes of at least 4 members (excludes halogenated alkanes) is 1. The summed E-state index contributed by atoms with van der Waals surface area (Å²) in [5, 5.41) is 22.4. The standard InChI is InChI=1S/C26H37N3O6/c1-25(2,3)35-23(30)22(27)26(32,33)21(18-20-15-8-5-9-16-20)29(28)24(31)34-17-11-10-14-19-12-6-4-7-13-19/h4-9,12-13,15-16,21-22,32-33H,10-11,14,17-18,27-28H2,1-3H3. The van der Waals surface area contributed by atoms with E-state index in [1.54, 1.807) is 51.1 Å². The van der Waals surface area contributed by atoms with Crippen molar-refractivity contribution in [2.24, 2.45) is 11.6 Å². The highest BCUT2D eigenvalue weighted by molar-refractivity contribution is 5.77. The molecule has 0 aliphatic rings. The summed E-state index contributed by atoms with van der Waals surface area (Å²) < 4.78 is 10.5. The zero-order chi connectivity index (χ0) is 26.1. The molecule has 2 atom stereocenters. The molecule has 9 nitrogen and oxygen atoms in total. The van der Waals surface area contributed by atoms with Crippen LogP contribution in [0.3, 0.4) is 0 Å². The van der Waals surface area contributed by atoms with Gasteiger partial charge in [-0.1, -0.05) is 60.7 Å². The van der Waals surface area contributed by atoms with Crippen LogP contribution >= 0.6 is 0 Å². The molecule has 9 heteroatoms. The molecule has 0 saturated carbocycles. The average molecular weight is 488 g/mol. The molecule has 0 aromatic heterocycles. The molecule has 0 saturated heterocycles. The number of aliphatic hydroxyl groups is 2. The maximum Gasteiger partial charge on any atom is 0.424 e. The molecule has 0 bridgehead atoms. The highest BCUT2D eigenvalue weighted by Crippen LogP contribution is 2.23. The fraction of sp³-hybridized carbons (Fsp3) is 0.462. The normalized spacial score (nSPS) is 13.6. The van der Waals surface area contributed by atoms with Crippen molar-refractivity contribution in [2.45, 2.75) is 69.9 Å². The summed E-state index contributed by atoms with van der Waals surface area (Å²) in [7, 11) is 0. The highest BCUT2D eigenvalue weighted by Gasteiger charge is 2.49. The van der Waals surface area contributed by atoms with E-state index in [0.29, 0.717) is 17.0 Å². The van der Waals surface area contributed by atoms with Gasteiger partial charge in [0, 0.05) is 0 Å². The number of nitrogens with zero attached hydrogens (tertiary/aromatic N) is 1. The Morgan fingerprint density at radius 2 is 1.49 bits per heavy atom. The average Bonchev–Trinajstić information content (AvgIpc) is 2.81. The van der Waals surface area contributed by atoms with Crippen molar-refractivity contribution in [3.05, 3.63) is 71.8 Å². The molecule has 1 amide bonds. The quantitative estimate of drug-likeness (QED) is 0.0942. The van der Waals surface area contributed by atoms with E-state index in [-0.39, 0.29) is 13.0 Å². The maximum atomic E-state index is 12.7. The topological polar surface area (TPSA) is 148 Å². The van der Waals surface area contributed by atoms with Gasteiger partial charge < -0.3 is 25.4 Å². The summed E-state index contributed by atoms with van der Waals surface area (Å²) in [6.07, 6.45) is 1.17. The monoisotopic (exact) mass is 487 g/mol. The van der Waals surface area contributed by atoms with Gasteiger partial charge in [-0.25, -0.2) is 15.6 Å². The van der Waals surface area contributed by atoms with Crippen LogP contribution in [0.4, 0.5) is 4.79 Å². The number of nitrogens with two attached hydrogens (primary N) is 2. The van der Waals surface area contributed by atoms with Gasteiger partial charge in [0.2, 0.25) is 5.79 Å². The molecule has 0 fully saturated rings. The molecule has 35 heavy (non-hydrogen) atoms. The lowest BCUT2D eigenvalue weighted by atomic mass is 9.92. The summed E-state index contributed by atoms with van der Waals surface area (Å²) in [4.78, 5) is 25.1. The van der Waals surface area contributed by atoms with Crippen LogP contribution in [-0.2, 0) is 27.1 Å². The lowest BCUT2D eigenvalue weighted by Crippen LogP contribution is -2.68. The van der Waals surface area contributed by atoms with E-state index < -0.39 is 35.5 Å². The zero-order valence-electron chi connectivity index (χ0n) is 20.6. The summed E-state index contributed by atoms with van der Waals surface area (Å²) in [5.74, 6) is 2.06. The first kappa shape index (κ1) is 28.3. The van der Waals surface area contributed by atoms with E-state index in [1.165, 1.54) is 5.56 Å². The summed E-state index contributed by atoms with van der Waals surface area (Å²) in [6.45, 7) is 4.97. The van der Waals surface area contributed by atoms with Gasteiger partial charge in [-0.05, 0) is 57.6 Å². The second-order valence-corrected chi connectivity index (χ2v) is 9.46. The van der Waals surface area contributed by atoms with Gasteiger partial charge in [-0.3, -0.25) is 4.79 Å². The lowest BCUT2D eigenvalue weighted by molar-refractivity contribution is -0.226. The van der Waals surface area contributed by atoms with Gasteiger partial charge in [-0.2, -0.15) is 0 Å². The van der Waals surface area contributed by atoms with E-state index in [9.17, 15) is 19.8 Å². The second-order valence-electron chi connectivity index (χ2n) is 9.46. The number of aryl methyl sites for hydroxylation is 1. The minimum absolute atomic E-state index is 0.0933. The molecular weight excluding hydrogens is 450 g/mol. The van der Waals surface area contributed by atoms with E-state index in [1.807, 2.05) is 30.3 Å². The third-order valence-electron chi connectivity index (χ3n) is 5.36. The van der Waals surface area contributed by atoms with Crippen molar-refractivity contribution in [3.63, 3.8) is 0 Å². The lowest BCUT2D eigenvalue weighted by Gasteiger charge is -2.39. The van der Waals surface area contributed by atoms with E-state index >= 15 is 0 Å². The van der Waals surface area contributed by atoms with E-state index in [4.69, 9.17) is 21.1 Å². The number of ether oxygens (including phenoxy) is 2. The molecule has 6 N–H and O–H groups in total. The Hall–Kier alpha value is -2.98. The van der Waals surface area contributed by atoms with Crippen molar-refractivity contribution < 1.29 is 29.3 Å². The van der Waals surface area contributed by atoms with Crippen LogP contribution in [0.15, 0.2) is 60.7 Å². The SMILES string of the molecule is CC(C)(C)OC(=O)C(N)C(O)(O)C(Cc1ccccc1)N(N)C(=O)OCCCCc1ccccc1. The van der Waals surface area contributed by atoms with Gasteiger partial charge in [0.25, 0.3) is 0 Å². The third-order valence-corrected chi connectivity index (χ3v) is 5.36. The predicted octanol–water partition coefficient (Wildman–Crippen LogP) is 2.28. The first-order valence-corrected chi connectivity index (χ1v) is 11.6. The molecule has 0 radical (unpaired) electrons. The molecule has 192 valence electrons. The van der Waals surface area contributed by atoms with Crippen molar-refractivity contribution in [1.29, 1.82) is 0 Å². The Morgan fingerprint density at radius 3 is 2.03 bits per heavy atom. The van der Waals surface area contributed by atoms with Crippen LogP contribution in [0.25, 0.3) is 0 Å². The Balaban J connectivity index is 2.07. The van der Waals surface area contributed by atoms with Crippen LogP contribution in [0.2, 0.25) is 0 Å². The van der Waals surface area contributed by atoms with Gasteiger partial charge in [0.05, 0.1) is 6.61 Å². The van der Waals surface area contributed by atoms with Crippen LogP contribution in [0.1, 0.15) is 44.7 Å². The highest BCUT2D eigenvalue weighted by atomic mass is 16.6. The number of hydrogen-bond acceptors (Lipinski definition) is 8. The van der Waals surface area contributed by atoms with Crippen LogP contribution in [0, 0.1) is 0 Å². The van der Waals surface area contributed by atoms with Crippen LogP contribution in [0.5, 0.6) is 0 Å². The van der Waals surface area contributed by atoms with Gasteiger partial charge in [0.15, 0.2) is 6.04 Å². The smallest absolute Gasteiger partial charge is 0.424 e. The molecule has 0 heterocycles. The van der Waals surface area contributed by atoms with Gasteiger partial charge >= 0.3 is 12.1 Å². The number of esters is 1. The number of amides is 1. The first-order valence-electron chi connectivity index (χ1n) is 11.6. The molecule has 2 unspecified atom stereocenters. The Labute approximate surface area is 206 Å². The molecular formula is C26H37N3O6. The number of benzene rings is 2. The third kappa shape index (κ3) is 8.95. The van der Waals surface area contributed by atoms with Crippen molar-refractivity contribution >= 4 is 12.1 Å². The summed E-state index contributed by atoms with van der Waals surface area (Å²) in [5.41, 5.74) is 6.81. The molecule has 2 aromatic carbocycles. The molecule has 0 spiro atoms. The Bertz CT molecular complexity index is 931. The zero-order valence-corrected chi connectivity index (χ0v) is 20.6. The Kier molecular flexibility index (Phi) is 10.2. The van der Waals surface area contributed by atoms with Gasteiger partial charge in [0.1, 0.15) is 11.6 Å². The first-order chi connectivity index (χ1) is 16.4. The van der Waals surface area contributed by atoms with Crippen molar-refractivity contribution in [3.8, 4) is 0 Å². The molecule has 0 aliphatic heterocycles. The minimum Gasteiger partial charge on any atom is -0.459 e. The van der Waals surface area contributed by atoms with E-state index in [2.05, 4.69) is 0 Å². The summed E-state index contributed by atoms with van der Waals surface area (Å²) >= 11 is 0. The minimum atomic E-state index is -2.90. The summed E-state index contributed by atoms with van der Waals surface area (Å²) in [6, 6.07) is 15.3. The largest absolute Gasteiger partial charge is 0.459 e. The number of rotatable bonds is 11. The molecule has 2 aromatic rings. The Morgan fingerprint density at radius 1 is 0.943 bits per heavy atom. The van der Waals surface area contributed by atoms with Gasteiger partial charge in [-0.15, -0.1) is 0 Å². The number of carbonyl (C=O) groups excluding carboxylic acids is 2. The van der Waals surface area contributed by atoms with Crippen molar-refractivity contribution in [1.82, 2.24) is 5.01 Å². The number of hydrazine groups is 1. The number of carbonyl (C=O) groups is 2. The maximum absolute atomic E-state index is 12.7. The van der Waals surface area contributed by atoms with Crippen LogP contribution in [-0.4, -0.2) is 57.4 Å². The van der Waals surface area contributed by atoms with Crippen molar-refractivity contribution in [2.75, 3.05) is 6.61 Å². The predicted molar refractivity (Wildman–Crippen MR) is 132 cm³/mol. The molecule has 2 rings (SSSR count). The fourth-order valence-electron chi connectivity index (χ4n) is 3.47.